The molecule has 1 N–H and O–H groups in total. The Morgan fingerprint density at radius 2 is 2.12 bits per heavy atom. The Bertz CT molecular complexity index is 528. The zero-order valence-corrected chi connectivity index (χ0v) is 10.3. The molecule has 0 unspecified atom stereocenters. The normalized spacial score (nSPS) is 12.3. The molecule has 0 radical (unpaired) electrons. The lowest BCUT2D eigenvalue weighted by atomic mass is 10.1. The zero-order valence-electron chi connectivity index (χ0n) is 9.53. The lowest BCUT2D eigenvalue weighted by Gasteiger charge is -2.21. The average Bonchev–Trinajstić information content (AvgIpc) is 2.59. The van der Waals surface area contributed by atoms with E-state index in [1.807, 2.05) is 4.68 Å². The SMILES string of the molecule is CC(C)(C)n1ncc2cc(Cl)nc(CO)c21. The van der Waals surface area contributed by atoms with Gasteiger partial charge in [-0.2, -0.15) is 5.10 Å². The second kappa shape index (κ2) is 3.71. The van der Waals surface area contributed by atoms with Crippen LogP contribution < -0.4 is 0 Å². The molecule has 0 saturated heterocycles. The van der Waals surface area contributed by atoms with Gasteiger partial charge in [-0.25, -0.2) is 4.98 Å². The number of aliphatic hydroxyl groups is 1. The van der Waals surface area contributed by atoms with E-state index in [0.29, 0.717) is 10.8 Å². The Kier molecular flexibility index (Phi) is 2.64. The van der Waals surface area contributed by atoms with Gasteiger partial charge in [-0.3, -0.25) is 4.68 Å². The first-order valence-electron chi connectivity index (χ1n) is 5.08. The maximum absolute atomic E-state index is 9.31. The average molecular weight is 240 g/mol. The van der Waals surface area contributed by atoms with Gasteiger partial charge in [0.15, 0.2) is 0 Å². The molecule has 5 heteroatoms. The Hall–Kier alpha value is -1.13. The largest absolute Gasteiger partial charge is 0.390 e. The van der Waals surface area contributed by atoms with Gasteiger partial charge in [0.05, 0.1) is 29.6 Å². The first kappa shape index (κ1) is 11.4. The molecule has 0 atom stereocenters. The molecule has 2 heterocycles. The van der Waals surface area contributed by atoms with Crippen molar-refractivity contribution in [2.75, 3.05) is 0 Å². The van der Waals surface area contributed by atoms with Crippen LogP contribution in [0.4, 0.5) is 0 Å². The van der Waals surface area contributed by atoms with E-state index >= 15 is 0 Å². The molecule has 0 amide bonds. The summed E-state index contributed by atoms with van der Waals surface area (Å²) >= 11 is 5.87. The molecule has 0 bridgehead atoms. The van der Waals surface area contributed by atoms with Gasteiger partial charge >= 0.3 is 0 Å². The van der Waals surface area contributed by atoms with E-state index in [1.54, 1.807) is 12.3 Å². The standard InChI is InChI=1S/C11H14ClN3O/c1-11(2,3)15-10-7(5-13-15)4-9(12)14-8(10)6-16/h4-5,16H,6H2,1-3H3. The van der Waals surface area contributed by atoms with E-state index in [2.05, 4.69) is 30.9 Å². The molecule has 0 saturated carbocycles. The van der Waals surface area contributed by atoms with E-state index in [-0.39, 0.29) is 12.1 Å². The summed E-state index contributed by atoms with van der Waals surface area (Å²) < 4.78 is 1.86. The number of rotatable bonds is 1. The first-order chi connectivity index (χ1) is 7.43. The summed E-state index contributed by atoms with van der Waals surface area (Å²) in [4.78, 5) is 4.12. The first-order valence-corrected chi connectivity index (χ1v) is 5.46. The third-order valence-corrected chi connectivity index (χ3v) is 2.57. The summed E-state index contributed by atoms with van der Waals surface area (Å²) in [6.45, 7) is 6.01. The van der Waals surface area contributed by atoms with Crippen LogP contribution in [-0.4, -0.2) is 19.9 Å². The number of nitrogens with zero attached hydrogens (tertiary/aromatic N) is 3. The lowest BCUT2D eigenvalue weighted by Crippen LogP contribution is -2.23. The highest BCUT2D eigenvalue weighted by Gasteiger charge is 2.19. The molecule has 0 aromatic carbocycles. The molecule has 0 aliphatic rings. The van der Waals surface area contributed by atoms with E-state index in [0.717, 1.165) is 10.9 Å². The highest BCUT2D eigenvalue weighted by atomic mass is 35.5. The predicted molar refractivity (Wildman–Crippen MR) is 63.5 cm³/mol. The minimum Gasteiger partial charge on any atom is -0.390 e. The van der Waals surface area contributed by atoms with Gasteiger partial charge in [-0.15, -0.1) is 0 Å². The molecular formula is C11H14ClN3O. The van der Waals surface area contributed by atoms with Crippen molar-refractivity contribution in [3.05, 3.63) is 23.1 Å². The molecule has 16 heavy (non-hydrogen) atoms. The molecule has 2 aromatic heterocycles. The van der Waals surface area contributed by atoms with Gasteiger partial charge in [0, 0.05) is 5.39 Å². The van der Waals surface area contributed by atoms with Crippen molar-refractivity contribution >= 4 is 22.5 Å². The van der Waals surface area contributed by atoms with Crippen LogP contribution in [-0.2, 0) is 12.1 Å². The Labute approximate surface area is 98.9 Å². The van der Waals surface area contributed by atoms with Crippen LogP contribution in [0.5, 0.6) is 0 Å². The Morgan fingerprint density at radius 3 is 2.69 bits per heavy atom. The smallest absolute Gasteiger partial charge is 0.130 e. The number of halogens is 1. The lowest BCUT2D eigenvalue weighted by molar-refractivity contribution is 0.276. The fraction of sp³-hybridized carbons (Fsp3) is 0.455. The number of fused-ring (bicyclic) bond motifs is 1. The van der Waals surface area contributed by atoms with Crippen molar-refractivity contribution in [2.45, 2.75) is 32.9 Å². The van der Waals surface area contributed by atoms with E-state index in [9.17, 15) is 5.11 Å². The third kappa shape index (κ3) is 1.79. The molecule has 0 fully saturated rings. The fourth-order valence-corrected chi connectivity index (χ4v) is 1.94. The van der Waals surface area contributed by atoms with E-state index in [4.69, 9.17) is 11.6 Å². The number of pyridine rings is 1. The summed E-state index contributed by atoms with van der Waals surface area (Å²) in [7, 11) is 0. The van der Waals surface area contributed by atoms with Gasteiger partial charge in [-0.05, 0) is 26.8 Å². The minimum atomic E-state index is -0.152. The predicted octanol–water partition coefficient (Wildman–Crippen LogP) is 2.33. The van der Waals surface area contributed by atoms with Gasteiger partial charge in [0.2, 0.25) is 0 Å². The maximum atomic E-state index is 9.31. The number of hydrogen-bond donors (Lipinski definition) is 1. The van der Waals surface area contributed by atoms with E-state index < -0.39 is 0 Å². The minimum absolute atomic E-state index is 0.140. The second-order valence-corrected chi connectivity index (χ2v) is 5.10. The van der Waals surface area contributed by atoms with Gasteiger partial charge in [0.1, 0.15) is 5.15 Å². The third-order valence-electron chi connectivity index (χ3n) is 2.37. The molecular weight excluding hydrogens is 226 g/mol. The van der Waals surface area contributed by atoms with Crippen LogP contribution in [0.15, 0.2) is 12.3 Å². The summed E-state index contributed by atoms with van der Waals surface area (Å²) in [5, 5.41) is 14.9. The number of aliphatic hydroxyl groups excluding tert-OH is 1. The summed E-state index contributed by atoms with van der Waals surface area (Å²) in [6, 6.07) is 1.76. The van der Waals surface area contributed by atoms with Gasteiger partial charge in [-0.1, -0.05) is 11.6 Å². The zero-order chi connectivity index (χ0) is 11.9. The Balaban J connectivity index is 2.80. The molecule has 0 aliphatic carbocycles. The van der Waals surface area contributed by atoms with Crippen LogP contribution in [0.3, 0.4) is 0 Å². The van der Waals surface area contributed by atoms with Gasteiger partial charge in [0.25, 0.3) is 0 Å². The molecule has 0 spiro atoms. The topological polar surface area (TPSA) is 50.9 Å². The molecule has 86 valence electrons. The summed E-state index contributed by atoms with van der Waals surface area (Å²) in [5.41, 5.74) is 1.26. The van der Waals surface area contributed by atoms with E-state index in [1.165, 1.54) is 0 Å². The number of hydrogen-bond acceptors (Lipinski definition) is 3. The quantitative estimate of drug-likeness (QED) is 0.777. The molecule has 4 nitrogen and oxygen atoms in total. The van der Waals surface area contributed by atoms with Crippen molar-refractivity contribution in [3.63, 3.8) is 0 Å². The maximum Gasteiger partial charge on any atom is 0.130 e. The molecule has 0 aliphatic heterocycles. The number of aromatic nitrogens is 3. The van der Waals surface area contributed by atoms with Crippen LogP contribution in [0.25, 0.3) is 10.9 Å². The highest BCUT2D eigenvalue weighted by Crippen LogP contribution is 2.25. The highest BCUT2D eigenvalue weighted by molar-refractivity contribution is 6.30. The van der Waals surface area contributed by atoms with Crippen LogP contribution >= 0.6 is 11.6 Å². The second-order valence-electron chi connectivity index (χ2n) is 4.71. The molecule has 2 rings (SSSR count). The van der Waals surface area contributed by atoms with Crippen LogP contribution in [0.1, 0.15) is 26.5 Å². The van der Waals surface area contributed by atoms with Crippen molar-refractivity contribution < 1.29 is 5.11 Å². The van der Waals surface area contributed by atoms with Crippen molar-refractivity contribution in [2.24, 2.45) is 0 Å². The monoisotopic (exact) mass is 239 g/mol. The van der Waals surface area contributed by atoms with Crippen molar-refractivity contribution in [1.29, 1.82) is 0 Å². The van der Waals surface area contributed by atoms with Crippen molar-refractivity contribution in [1.82, 2.24) is 14.8 Å². The summed E-state index contributed by atoms with van der Waals surface area (Å²) in [6.07, 6.45) is 1.74. The molecule has 2 aromatic rings. The summed E-state index contributed by atoms with van der Waals surface area (Å²) in [5.74, 6) is 0. The van der Waals surface area contributed by atoms with Crippen molar-refractivity contribution in [3.8, 4) is 0 Å². The van der Waals surface area contributed by atoms with Gasteiger partial charge < -0.3 is 5.11 Å². The van der Waals surface area contributed by atoms with Crippen LogP contribution in [0, 0.1) is 0 Å². The Morgan fingerprint density at radius 1 is 1.44 bits per heavy atom. The van der Waals surface area contributed by atoms with Crippen LogP contribution in [0.2, 0.25) is 5.15 Å². The fourth-order valence-electron chi connectivity index (χ4n) is 1.72.